The number of carbonyl (C=O) groups excluding carboxylic acids is 1. The molecule has 1 aromatic heterocycles. The number of carbonyl (C=O) groups is 1. The second kappa shape index (κ2) is 15.2. The van der Waals surface area contributed by atoms with E-state index < -0.39 is 7.82 Å². The monoisotopic (exact) mass is 616 g/mol. The third-order valence-corrected chi connectivity index (χ3v) is 7.24. The van der Waals surface area contributed by atoms with Gasteiger partial charge >= 0.3 is 7.82 Å². The molecule has 4 rings (SSSR count). The van der Waals surface area contributed by atoms with Crippen molar-refractivity contribution in [1.82, 2.24) is 19.8 Å². The Balaban J connectivity index is 1.25. The fraction of sp³-hybridized carbons (Fsp3) is 0.321. The first-order valence-corrected chi connectivity index (χ1v) is 15.3. The first-order chi connectivity index (χ1) is 20.2. The summed E-state index contributed by atoms with van der Waals surface area (Å²) in [5.74, 6) is 0.768. The maximum Gasteiger partial charge on any atom is 0.469 e. The summed E-state index contributed by atoms with van der Waals surface area (Å²) >= 11 is 6.40. The van der Waals surface area contributed by atoms with Gasteiger partial charge in [-0.25, -0.2) is 14.5 Å². The predicted octanol–water partition coefficient (Wildman–Crippen LogP) is 4.16. The number of aromatic nitrogens is 2. The van der Waals surface area contributed by atoms with Gasteiger partial charge in [0.1, 0.15) is 5.75 Å². The molecule has 14 heteroatoms. The van der Waals surface area contributed by atoms with E-state index in [-0.39, 0.29) is 12.5 Å². The highest BCUT2D eigenvalue weighted by Crippen LogP contribution is 2.35. The van der Waals surface area contributed by atoms with Gasteiger partial charge in [-0.15, -0.1) is 0 Å². The molecule has 1 aliphatic rings. The number of nitrogens with one attached hydrogen (secondary N) is 2. The Kier molecular flexibility index (Phi) is 11.4. The topological polar surface area (TPSA) is 149 Å². The molecule has 2 heterocycles. The number of nitrogens with zero attached hydrogens (tertiary/aromatic N) is 4. The number of ether oxygens (including phenoxy) is 1. The number of rotatable bonds is 14. The molecule has 1 amide bonds. The zero-order chi connectivity index (χ0) is 30.0. The van der Waals surface area contributed by atoms with Crippen molar-refractivity contribution >= 4 is 42.7 Å². The van der Waals surface area contributed by atoms with E-state index in [4.69, 9.17) is 26.1 Å². The third kappa shape index (κ3) is 10.2. The van der Waals surface area contributed by atoms with Crippen molar-refractivity contribution in [2.45, 2.75) is 6.42 Å². The van der Waals surface area contributed by atoms with Crippen molar-refractivity contribution in [2.75, 3.05) is 63.1 Å². The maximum atomic E-state index is 11.7. The first-order valence-electron chi connectivity index (χ1n) is 13.4. The minimum Gasteiger partial charge on any atom is -0.493 e. The van der Waals surface area contributed by atoms with Crippen LogP contribution in [0, 0.1) is 0 Å². The molecule has 0 saturated carbocycles. The van der Waals surface area contributed by atoms with E-state index in [2.05, 4.69) is 41.5 Å². The second-order valence-electron chi connectivity index (χ2n) is 9.53. The summed E-state index contributed by atoms with van der Waals surface area (Å²) in [4.78, 5) is 42.6. The number of amides is 1. The Morgan fingerprint density at radius 1 is 1.05 bits per heavy atom. The number of piperazine rings is 1. The van der Waals surface area contributed by atoms with E-state index in [1.165, 1.54) is 12.3 Å². The lowest BCUT2D eigenvalue weighted by atomic mass is 10.1. The smallest absolute Gasteiger partial charge is 0.469 e. The van der Waals surface area contributed by atoms with Crippen LogP contribution in [0.3, 0.4) is 0 Å². The Hall–Kier alpha value is -3.35. The summed E-state index contributed by atoms with van der Waals surface area (Å²) in [5, 5.41) is 6.30. The molecule has 1 aliphatic heterocycles. The predicted molar refractivity (Wildman–Crippen MR) is 162 cm³/mol. The largest absolute Gasteiger partial charge is 0.493 e. The molecule has 4 N–H and O–H groups in total. The van der Waals surface area contributed by atoms with Crippen molar-refractivity contribution in [1.29, 1.82) is 0 Å². The lowest BCUT2D eigenvalue weighted by molar-refractivity contribution is -0.111. The number of anilines is 3. The Labute approximate surface area is 249 Å². The molecule has 2 aromatic carbocycles. The Morgan fingerprint density at radius 2 is 1.76 bits per heavy atom. The van der Waals surface area contributed by atoms with Crippen LogP contribution in [0.5, 0.6) is 5.75 Å². The molecule has 1 fully saturated rings. The molecule has 0 bridgehead atoms. The van der Waals surface area contributed by atoms with E-state index in [9.17, 15) is 9.36 Å². The van der Waals surface area contributed by atoms with Crippen LogP contribution in [-0.4, -0.2) is 87.9 Å². The molecule has 1 saturated heterocycles. The van der Waals surface area contributed by atoms with Gasteiger partial charge in [0.05, 0.1) is 30.1 Å². The standard InChI is InChI=1S/C28H34ClN6O6P/c1-2-26(36)31-22-7-3-6-21(18-22)27-25(29)20-30-28(33-27)32-23-8-4-9-24(19-23)40-16-5-10-34-11-13-35(14-12-34)15-17-41-42(37,38)39/h2-4,6-9,18-20H,1,5,10-17H2,(H,31,36)(H,30,32,33)(H2,37,38,39). The van der Waals surface area contributed by atoms with Gasteiger partial charge in [0.15, 0.2) is 0 Å². The van der Waals surface area contributed by atoms with E-state index in [0.717, 1.165) is 56.1 Å². The van der Waals surface area contributed by atoms with Gasteiger partial charge in [-0.1, -0.05) is 36.4 Å². The minimum absolute atomic E-state index is 0.0164. The zero-order valence-electron chi connectivity index (χ0n) is 23.0. The number of phosphoric acid groups is 1. The molecule has 224 valence electrons. The summed E-state index contributed by atoms with van der Waals surface area (Å²) in [7, 11) is -4.41. The Bertz CT molecular complexity index is 1420. The van der Waals surface area contributed by atoms with Crippen LogP contribution in [0.25, 0.3) is 11.3 Å². The van der Waals surface area contributed by atoms with Gasteiger partial charge in [-0.2, -0.15) is 0 Å². The van der Waals surface area contributed by atoms with Crippen LogP contribution in [0.1, 0.15) is 6.42 Å². The molecule has 42 heavy (non-hydrogen) atoms. The summed E-state index contributed by atoms with van der Waals surface area (Å²) in [5.41, 5.74) is 2.60. The average molecular weight is 617 g/mol. The quantitative estimate of drug-likeness (QED) is 0.117. The highest BCUT2D eigenvalue weighted by atomic mass is 35.5. The van der Waals surface area contributed by atoms with Crippen molar-refractivity contribution < 1.29 is 28.4 Å². The summed E-state index contributed by atoms with van der Waals surface area (Å²) < 4.78 is 21.3. The molecule has 3 aromatic rings. The van der Waals surface area contributed by atoms with Crippen LogP contribution < -0.4 is 15.4 Å². The summed E-state index contributed by atoms with van der Waals surface area (Å²) in [6.45, 7) is 8.84. The number of hydrogen-bond donors (Lipinski definition) is 4. The van der Waals surface area contributed by atoms with Gasteiger partial charge < -0.3 is 30.1 Å². The fourth-order valence-electron chi connectivity index (χ4n) is 4.36. The number of halogens is 1. The van der Waals surface area contributed by atoms with Crippen LogP contribution >= 0.6 is 19.4 Å². The lowest BCUT2D eigenvalue weighted by Gasteiger charge is -2.34. The maximum absolute atomic E-state index is 11.7. The van der Waals surface area contributed by atoms with Crippen LogP contribution in [-0.2, 0) is 13.9 Å². The third-order valence-electron chi connectivity index (χ3n) is 6.44. The number of phosphoric ester groups is 1. The lowest BCUT2D eigenvalue weighted by Crippen LogP contribution is -2.47. The Morgan fingerprint density at radius 3 is 2.50 bits per heavy atom. The van der Waals surface area contributed by atoms with Crippen LogP contribution in [0.2, 0.25) is 5.02 Å². The minimum atomic E-state index is -4.41. The molecule has 0 atom stereocenters. The summed E-state index contributed by atoms with van der Waals surface area (Å²) in [6.07, 6.45) is 3.58. The van der Waals surface area contributed by atoms with Gasteiger partial charge in [0.2, 0.25) is 11.9 Å². The number of hydrogen-bond acceptors (Lipinski definition) is 9. The molecule has 0 spiro atoms. The normalized spacial score (nSPS) is 14.4. The van der Waals surface area contributed by atoms with Crippen molar-refractivity contribution in [3.05, 3.63) is 72.4 Å². The highest BCUT2D eigenvalue weighted by molar-refractivity contribution is 7.46. The van der Waals surface area contributed by atoms with Crippen molar-refractivity contribution in [2.24, 2.45) is 0 Å². The fourth-order valence-corrected chi connectivity index (χ4v) is 4.88. The first kappa shape index (κ1) is 31.6. The van der Waals surface area contributed by atoms with Crippen LogP contribution in [0.15, 0.2) is 67.4 Å². The van der Waals surface area contributed by atoms with Gasteiger partial charge in [-0.3, -0.25) is 14.2 Å². The molecular weight excluding hydrogens is 583 g/mol. The van der Waals surface area contributed by atoms with Gasteiger partial charge in [-0.05, 0) is 36.8 Å². The SMILES string of the molecule is C=CC(=O)Nc1cccc(-c2nc(Nc3cccc(OCCCN4CCN(CCOP(=O)(O)O)CC4)c3)ncc2Cl)c1. The van der Waals surface area contributed by atoms with Gasteiger partial charge in [0, 0.05) is 62.3 Å². The van der Waals surface area contributed by atoms with E-state index in [0.29, 0.717) is 35.5 Å². The van der Waals surface area contributed by atoms with E-state index in [1.54, 1.807) is 18.2 Å². The molecule has 0 unspecified atom stereocenters. The molecular formula is C28H34ClN6O6P. The van der Waals surface area contributed by atoms with Crippen molar-refractivity contribution in [3.8, 4) is 17.0 Å². The zero-order valence-corrected chi connectivity index (χ0v) is 24.6. The van der Waals surface area contributed by atoms with E-state index in [1.807, 2.05) is 30.3 Å². The molecule has 0 radical (unpaired) electrons. The highest BCUT2D eigenvalue weighted by Gasteiger charge is 2.19. The second-order valence-corrected chi connectivity index (χ2v) is 11.2. The summed E-state index contributed by atoms with van der Waals surface area (Å²) in [6, 6.07) is 14.7. The molecule has 0 aliphatic carbocycles. The average Bonchev–Trinajstić information content (AvgIpc) is 2.97. The van der Waals surface area contributed by atoms with Crippen molar-refractivity contribution in [3.63, 3.8) is 0 Å². The van der Waals surface area contributed by atoms with Crippen LogP contribution in [0.4, 0.5) is 17.3 Å². The van der Waals surface area contributed by atoms with E-state index >= 15 is 0 Å². The van der Waals surface area contributed by atoms with Gasteiger partial charge in [0.25, 0.3) is 0 Å². The molecule has 12 nitrogen and oxygen atoms in total. The number of benzene rings is 2.